The maximum absolute atomic E-state index is 12.0. The molecule has 0 aromatic carbocycles. The lowest BCUT2D eigenvalue weighted by atomic mass is 9.89. The molecule has 0 unspecified atom stereocenters. The highest BCUT2D eigenvalue weighted by molar-refractivity contribution is 5.91. The fraction of sp³-hybridized carbons (Fsp3) is 0.692. The monoisotopic (exact) mass is 536 g/mol. The fourth-order valence-electron chi connectivity index (χ4n) is 4.39. The van der Waals surface area contributed by atoms with Crippen molar-refractivity contribution >= 4 is 35.6 Å². The van der Waals surface area contributed by atoms with E-state index in [9.17, 15) is 28.8 Å². The number of nitrogens with one attached hydrogen (secondary N) is 4. The molecule has 0 spiro atoms. The molecule has 38 heavy (non-hydrogen) atoms. The van der Waals surface area contributed by atoms with Gasteiger partial charge in [-0.05, 0) is 25.7 Å². The molecule has 12 nitrogen and oxygen atoms in total. The molecule has 2 aliphatic carbocycles. The molecule has 0 aromatic rings. The van der Waals surface area contributed by atoms with E-state index < -0.39 is 11.9 Å². The third-order valence-corrected chi connectivity index (χ3v) is 6.49. The molecule has 4 N–H and O–H groups in total. The maximum atomic E-state index is 12.0. The Morgan fingerprint density at radius 2 is 0.921 bits per heavy atom. The van der Waals surface area contributed by atoms with Crippen LogP contribution in [0, 0.1) is 11.8 Å². The molecule has 2 saturated carbocycles. The van der Waals surface area contributed by atoms with E-state index in [0.717, 1.165) is 76.4 Å². The summed E-state index contributed by atoms with van der Waals surface area (Å²) in [4.78, 5) is 71.0. The molecule has 0 atom stereocenters. The molecular weight excluding hydrogens is 496 g/mol. The van der Waals surface area contributed by atoms with Crippen LogP contribution in [0.25, 0.3) is 0 Å². The molecule has 0 heterocycles. The van der Waals surface area contributed by atoms with E-state index >= 15 is 0 Å². The molecule has 2 aliphatic rings. The summed E-state index contributed by atoms with van der Waals surface area (Å²) in [6.45, 7) is -0.366. The van der Waals surface area contributed by atoms with E-state index in [0.29, 0.717) is 0 Å². The zero-order valence-corrected chi connectivity index (χ0v) is 21.9. The number of carbonyl (C=O) groups excluding carboxylic acids is 6. The van der Waals surface area contributed by atoms with Gasteiger partial charge in [-0.25, -0.2) is 9.59 Å². The van der Waals surface area contributed by atoms with Gasteiger partial charge in [0.1, 0.15) is 13.2 Å². The first-order chi connectivity index (χ1) is 18.3. The Labute approximate surface area is 223 Å². The van der Waals surface area contributed by atoms with Crippen molar-refractivity contribution in [2.45, 2.75) is 64.2 Å². The van der Waals surface area contributed by atoms with Crippen LogP contribution in [-0.2, 0) is 38.2 Å². The van der Waals surface area contributed by atoms with Crippen LogP contribution in [0.15, 0.2) is 12.2 Å². The average Bonchev–Trinajstić information content (AvgIpc) is 2.94. The third kappa shape index (κ3) is 13.2. The first-order valence-corrected chi connectivity index (χ1v) is 13.5. The Morgan fingerprint density at radius 3 is 1.29 bits per heavy atom. The van der Waals surface area contributed by atoms with Crippen molar-refractivity contribution in [1.29, 1.82) is 0 Å². The quantitative estimate of drug-likeness (QED) is 0.139. The third-order valence-electron chi connectivity index (χ3n) is 6.49. The SMILES string of the molecule is O=C(CNC(=O)C1CCCCC1)NCCOC(=O)/C=C/C(=O)OCCNC(=O)CNC(=O)C1CCCCC1. The van der Waals surface area contributed by atoms with Gasteiger partial charge in [0, 0.05) is 24.0 Å². The van der Waals surface area contributed by atoms with Crippen molar-refractivity contribution in [3.8, 4) is 0 Å². The largest absolute Gasteiger partial charge is 0.461 e. The summed E-state index contributed by atoms with van der Waals surface area (Å²) in [6, 6.07) is 0. The molecular formula is C26H40N4O8. The van der Waals surface area contributed by atoms with Crippen molar-refractivity contribution in [3.05, 3.63) is 12.2 Å². The predicted octanol–water partition coefficient (Wildman–Crippen LogP) is 0.254. The first kappa shape index (κ1) is 30.8. The summed E-state index contributed by atoms with van der Waals surface area (Å²) in [5.74, 6) is -2.62. The zero-order valence-electron chi connectivity index (χ0n) is 21.9. The molecule has 2 rings (SSSR count). The summed E-state index contributed by atoms with van der Waals surface area (Å²) in [7, 11) is 0. The maximum Gasteiger partial charge on any atom is 0.331 e. The number of rotatable bonds is 14. The van der Waals surface area contributed by atoms with Crippen LogP contribution in [0.2, 0.25) is 0 Å². The van der Waals surface area contributed by atoms with Gasteiger partial charge < -0.3 is 30.7 Å². The Balaban J connectivity index is 1.45. The lowest BCUT2D eigenvalue weighted by molar-refractivity contribution is -0.140. The van der Waals surface area contributed by atoms with Gasteiger partial charge >= 0.3 is 11.9 Å². The van der Waals surface area contributed by atoms with Crippen molar-refractivity contribution in [1.82, 2.24) is 21.3 Å². The predicted molar refractivity (Wildman–Crippen MR) is 136 cm³/mol. The van der Waals surface area contributed by atoms with E-state index in [4.69, 9.17) is 9.47 Å². The number of carbonyl (C=O) groups is 6. The molecule has 212 valence electrons. The summed E-state index contributed by atoms with van der Waals surface area (Å²) in [5, 5.41) is 10.3. The van der Waals surface area contributed by atoms with Crippen molar-refractivity contribution in [3.63, 3.8) is 0 Å². The fourth-order valence-corrected chi connectivity index (χ4v) is 4.39. The molecule has 0 aliphatic heterocycles. The van der Waals surface area contributed by atoms with Crippen LogP contribution >= 0.6 is 0 Å². The second kappa shape index (κ2) is 17.9. The van der Waals surface area contributed by atoms with Gasteiger partial charge in [0.25, 0.3) is 0 Å². The Morgan fingerprint density at radius 1 is 0.553 bits per heavy atom. The van der Waals surface area contributed by atoms with Gasteiger partial charge in [0.2, 0.25) is 23.6 Å². The first-order valence-electron chi connectivity index (χ1n) is 13.5. The summed E-state index contributed by atoms with van der Waals surface area (Å²) in [5.41, 5.74) is 0. The highest BCUT2D eigenvalue weighted by Crippen LogP contribution is 2.24. The molecule has 2 fully saturated rings. The lowest BCUT2D eigenvalue weighted by Crippen LogP contribution is -2.41. The summed E-state index contributed by atoms with van der Waals surface area (Å²) < 4.78 is 9.77. The topological polar surface area (TPSA) is 169 Å². The molecule has 0 bridgehead atoms. The van der Waals surface area contributed by atoms with Crippen molar-refractivity contribution < 1.29 is 38.2 Å². The van der Waals surface area contributed by atoms with E-state index in [1.165, 1.54) is 0 Å². The molecule has 0 radical (unpaired) electrons. The van der Waals surface area contributed by atoms with Crippen LogP contribution in [0.5, 0.6) is 0 Å². The van der Waals surface area contributed by atoms with Crippen LogP contribution < -0.4 is 21.3 Å². The van der Waals surface area contributed by atoms with Crippen molar-refractivity contribution in [2.75, 3.05) is 39.4 Å². The Kier molecular flexibility index (Phi) is 14.5. The Bertz CT molecular complexity index is 780. The van der Waals surface area contributed by atoms with Gasteiger partial charge in [-0.3, -0.25) is 19.2 Å². The van der Waals surface area contributed by atoms with E-state index in [1.54, 1.807) is 0 Å². The standard InChI is InChI=1S/C26H40N4O8/c31-21(17-29-25(35)19-7-3-1-4-8-19)27-13-15-37-23(33)11-12-24(34)38-16-14-28-22(32)18-30-26(36)20-9-5-2-6-10-20/h11-12,19-20H,1-10,13-18H2,(H,27,31)(H,28,32)(H,29,35)(H,30,36)/b12-11+. The van der Waals surface area contributed by atoms with E-state index in [1.807, 2.05) is 0 Å². The van der Waals surface area contributed by atoms with Crippen molar-refractivity contribution in [2.24, 2.45) is 11.8 Å². The highest BCUT2D eigenvalue weighted by Gasteiger charge is 2.22. The number of hydrogen-bond donors (Lipinski definition) is 4. The Hall–Kier alpha value is -3.44. The number of esters is 2. The normalized spacial score (nSPS) is 16.3. The zero-order chi connectivity index (χ0) is 27.6. The minimum absolute atomic E-state index is 0.0281. The number of amides is 4. The van der Waals surface area contributed by atoms with E-state index in [-0.39, 0.29) is 74.9 Å². The summed E-state index contributed by atoms with van der Waals surface area (Å²) >= 11 is 0. The second-order valence-corrected chi connectivity index (χ2v) is 9.47. The average molecular weight is 537 g/mol. The lowest BCUT2D eigenvalue weighted by Gasteiger charge is -2.20. The molecule has 0 aromatic heterocycles. The number of hydrogen-bond acceptors (Lipinski definition) is 8. The molecule has 12 heteroatoms. The van der Waals surface area contributed by atoms with Gasteiger partial charge in [0.15, 0.2) is 0 Å². The minimum atomic E-state index is -0.788. The van der Waals surface area contributed by atoms with Crippen LogP contribution in [0.1, 0.15) is 64.2 Å². The van der Waals surface area contributed by atoms with Gasteiger partial charge in [0.05, 0.1) is 26.2 Å². The van der Waals surface area contributed by atoms with E-state index in [2.05, 4.69) is 21.3 Å². The van der Waals surface area contributed by atoms with Gasteiger partial charge in [-0.15, -0.1) is 0 Å². The smallest absolute Gasteiger partial charge is 0.331 e. The van der Waals surface area contributed by atoms with Crippen LogP contribution in [-0.4, -0.2) is 75.0 Å². The van der Waals surface area contributed by atoms with Crippen LogP contribution in [0.3, 0.4) is 0 Å². The minimum Gasteiger partial charge on any atom is -0.461 e. The number of ether oxygens (including phenoxy) is 2. The van der Waals surface area contributed by atoms with Crippen LogP contribution in [0.4, 0.5) is 0 Å². The summed E-state index contributed by atoms with van der Waals surface area (Å²) in [6.07, 6.45) is 11.6. The van der Waals surface area contributed by atoms with Gasteiger partial charge in [-0.2, -0.15) is 0 Å². The molecule has 0 saturated heterocycles. The molecule has 4 amide bonds. The van der Waals surface area contributed by atoms with Gasteiger partial charge in [-0.1, -0.05) is 38.5 Å². The highest BCUT2D eigenvalue weighted by atomic mass is 16.5. The second-order valence-electron chi connectivity index (χ2n) is 9.47.